The summed E-state index contributed by atoms with van der Waals surface area (Å²) in [5.41, 5.74) is 7.23. The van der Waals surface area contributed by atoms with Crippen LogP contribution in [0.5, 0.6) is 0 Å². The van der Waals surface area contributed by atoms with Gasteiger partial charge in [0.05, 0.1) is 11.3 Å². The van der Waals surface area contributed by atoms with Gasteiger partial charge >= 0.3 is 0 Å². The number of ketones is 1. The molecule has 0 bridgehead atoms. The van der Waals surface area contributed by atoms with Crippen LogP contribution in [0, 0.1) is 6.07 Å². The van der Waals surface area contributed by atoms with Gasteiger partial charge in [0.1, 0.15) is 5.76 Å². The fourth-order valence-electron chi connectivity index (χ4n) is 4.85. The molecule has 0 amide bonds. The molecule has 0 saturated carbocycles. The zero-order chi connectivity index (χ0) is 28.9. The number of aliphatic hydroxyl groups excluding tert-OH is 1. The van der Waals surface area contributed by atoms with E-state index in [2.05, 4.69) is 92.7 Å². The molecule has 0 unspecified atom stereocenters. The minimum Gasteiger partial charge on any atom is -0.512 e. The van der Waals surface area contributed by atoms with Gasteiger partial charge in [0.25, 0.3) is 0 Å². The molecule has 213 valence electrons. The minimum absolute atomic E-state index is 0. The molecule has 0 fully saturated rings. The fraction of sp³-hybridized carbons (Fsp3) is 0.135. The molecule has 5 heteroatoms. The van der Waals surface area contributed by atoms with E-state index in [0.717, 1.165) is 50.1 Å². The van der Waals surface area contributed by atoms with Gasteiger partial charge in [-0.3, -0.25) is 4.79 Å². The smallest absolute Gasteiger partial charge is 0.155 e. The maximum absolute atomic E-state index is 10.0. The van der Waals surface area contributed by atoms with Gasteiger partial charge in [-0.1, -0.05) is 110 Å². The van der Waals surface area contributed by atoms with E-state index in [1.54, 1.807) is 0 Å². The fourth-order valence-corrected chi connectivity index (χ4v) is 4.85. The van der Waals surface area contributed by atoms with Crippen LogP contribution in [0.15, 0.2) is 120 Å². The van der Waals surface area contributed by atoms with E-state index in [1.165, 1.54) is 30.9 Å². The van der Waals surface area contributed by atoms with E-state index < -0.39 is 0 Å². The van der Waals surface area contributed by atoms with Crippen molar-refractivity contribution in [2.45, 2.75) is 33.6 Å². The molecule has 42 heavy (non-hydrogen) atoms. The summed E-state index contributed by atoms with van der Waals surface area (Å²) >= 11 is 0. The van der Waals surface area contributed by atoms with E-state index >= 15 is 0 Å². The van der Waals surface area contributed by atoms with Gasteiger partial charge < -0.3 is 14.5 Å². The van der Waals surface area contributed by atoms with Crippen molar-refractivity contribution in [3.8, 4) is 33.7 Å². The number of aromatic nitrogens is 1. The standard InChI is InChI=1S/C32H24NO.C5H8O2.Ir/c1-21(2)25-14-13-23-15-16-33-32(28(23)17-25)26-18-27(22-9-5-3-6-10-22)29-20-30(34-31(29)19-26)24-11-7-4-8-12-24;1-4(6)3-5(2)7;/h3-18,20-21H,1-2H3;3,6H,1-2H3;/q-1;;/b;4-3-;. The SMILES string of the molecule is CC(=O)/C=C(/C)O.CC(C)c1ccc2ccnc(-c3[c-]c4oc(-c5ccccc5)cc4c(-c4ccccc4)c3)c2c1.[Ir]. The van der Waals surface area contributed by atoms with E-state index in [4.69, 9.17) is 14.5 Å². The molecular formula is C37H32IrNO3-. The Balaban J connectivity index is 0.000000454. The number of furan rings is 1. The normalized spacial score (nSPS) is 11.2. The van der Waals surface area contributed by atoms with Crippen molar-refractivity contribution in [3.05, 3.63) is 127 Å². The molecule has 0 aliphatic heterocycles. The van der Waals surface area contributed by atoms with Crippen LogP contribution in [0.2, 0.25) is 0 Å². The summed E-state index contributed by atoms with van der Waals surface area (Å²) in [6, 6.07) is 37.3. The van der Waals surface area contributed by atoms with E-state index in [0.29, 0.717) is 5.92 Å². The number of aliphatic hydroxyl groups is 1. The van der Waals surface area contributed by atoms with E-state index in [9.17, 15) is 4.79 Å². The van der Waals surface area contributed by atoms with Crippen LogP contribution in [-0.4, -0.2) is 15.9 Å². The van der Waals surface area contributed by atoms with Gasteiger partial charge in [-0.05, 0) is 59.5 Å². The summed E-state index contributed by atoms with van der Waals surface area (Å²) in [6.45, 7) is 7.29. The third-order valence-corrected chi connectivity index (χ3v) is 6.83. The Labute approximate surface area is 260 Å². The van der Waals surface area contributed by atoms with Gasteiger partial charge in [-0.25, -0.2) is 0 Å². The van der Waals surface area contributed by atoms with Crippen molar-refractivity contribution in [1.82, 2.24) is 4.98 Å². The molecule has 2 aromatic heterocycles. The molecule has 0 spiro atoms. The molecule has 0 saturated heterocycles. The Hall–Kier alpha value is -4.31. The molecule has 6 aromatic rings. The number of nitrogens with zero attached hydrogens (tertiary/aromatic N) is 1. The molecule has 0 aliphatic carbocycles. The maximum atomic E-state index is 10.0. The van der Waals surface area contributed by atoms with Crippen LogP contribution >= 0.6 is 0 Å². The zero-order valence-electron chi connectivity index (χ0n) is 24.0. The summed E-state index contributed by atoms with van der Waals surface area (Å²) < 4.78 is 6.37. The summed E-state index contributed by atoms with van der Waals surface area (Å²) in [5.74, 6) is 1.23. The number of carbonyl (C=O) groups excluding carboxylic acids is 1. The Morgan fingerprint density at radius 3 is 2.12 bits per heavy atom. The molecule has 4 nitrogen and oxygen atoms in total. The Bertz CT molecular complexity index is 1850. The van der Waals surface area contributed by atoms with Gasteiger partial charge in [0, 0.05) is 37.9 Å². The van der Waals surface area contributed by atoms with Crippen LogP contribution in [0.3, 0.4) is 0 Å². The predicted octanol–water partition coefficient (Wildman–Crippen LogP) is 9.94. The van der Waals surface area contributed by atoms with Crippen molar-refractivity contribution in [2.75, 3.05) is 0 Å². The molecular weight excluding hydrogens is 699 g/mol. The summed E-state index contributed by atoms with van der Waals surface area (Å²) in [4.78, 5) is 14.8. The quantitative estimate of drug-likeness (QED) is 0.109. The molecule has 2 heterocycles. The van der Waals surface area contributed by atoms with Crippen LogP contribution < -0.4 is 0 Å². The first-order chi connectivity index (χ1) is 19.8. The van der Waals surface area contributed by atoms with E-state index in [1.807, 2.05) is 30.5 Å². The summed E-state index contributed by atoms with van der Waals surface area (Å²) in [7, 11) is 0. The first-order valence-electron chi connectivity index (χ1n) is 13.7. The summed E-state index contributed by atoms with van der Waals surface area (Å²) in [6.07, 6.45) is 3.05. The molecule has 4 aromatic carbocycles. The number of rotatable bonds is 5. The van der Waals surface area contributed by atoms with Crippen molar-refractivity contribution in [3.63, 3.8) is 0 Å². The second-order valence-electron chi connectivity index (χ2n) is 10.4. The van der Waals surface area contributed by atoms with E-state index in [-0.39, 0.29) is 31.6 Å². The number of allylic oxidation sites excluding steroid dienone is 2. The van der Waals surface area contributed by atoms with Gasteiger partial charge in [0.2, 0.25) is 0 Å². The number of pyridine rings is 1. The second-order valence-corrected chi connectivity index (χ2v) is 10.4. The van der Waals surface area contributed by atoms with Crippen molar-refractivity contribution in [1.29, 1.82) is 0 Å². The second kappa shape index (κ2) is 13.6. The zero-order valence-corrected chi connectivity index (χ0v) is 26.4. The van der Waals surface area contributed by atoms with Crippen LogP contribution in [0.25, 0.3) is 55.4 Å². The number of fused-ring (bicyclic) bond motifs is 2. The summed E-state index contributed by atoms with van der Waals surface area (Å²) in [5, 5.41) is 11.7. The van der Waals surface area contributed by atoms with Crippen LogP contribution in [-0.2, 0) is 24.9 Å². The molecule has 0 aliphatic rings. The molecule has 1 N–H and O–H groups in total. The van der Waals surface area contributed by atoms with Crippen molar-refractivity contribution >= 4 is 27.5 Å². The molecule has 6 rings (SSSR count). The average molecular weight is 731 g/mol. The first kappa shape index (κ1) is 30.6. The van der Waals surface area contributed by atoms with Gasteiger partial charge in [-0.15, -0.1) is 11.6 Å². The number of hydrogen-bond acceptors (Lipinski definition) is 4. The number of hydrogen-bond donors (Lipinski definition) is 1. The van der Waals surface area contributed by atoms with Crippen molar-refractivity contribution < 1.29 is 34.4 Å². The largest absolute Gasteiger partial charge is 0.512 e. The number of benzene rings is 4. The third kappa shape index (κ3) is 6.94. The third-order valence-electron chi connectivity index (χ3n) is 6.83. The predicted molar refractivity (Wildman–Crippen MR) is 168 cm³/mol. The van der Waals surface area contributed by atoms with Gasteiger partial charge in [0.15, 0.2) is 5.78 Å². The average Bonchev–Trinajstić information content (AvgIpc) is 3.41. The number of carbonyl (C=O) groups is 1. The Morgan fingerprint density at radius 1 is 0.857 bits per heavy atom. The maximum Gasteiger partial charge on any atom is 0.155 e. The first-order valence-corrected chi connectivity index (χ1v) is 13.7. The van der Waals surface area contributed by atoms with Crippen molar-refractivity contribution in [2.24, 2.45) is 0 Å². The molecule has 0 atom stereocenters. The van der Waals surface area contributed by atoms with Crippen LogP contribution in [0.4, 0.5) is 0 Å². The molecule has 1 radical (unpaired) electrons. The Kier molecular flexibility index (Phi) is 9.90. The monoisotopic (exact) mass is 731 g/mol. The topological polar surface area (TPSA) is 63.3 Å². The Morgan fingerprint density at radius 2 is 1.52 bits per heavy atom. The minimum atomic E-state index is -0.125. The van der Waals surface area contributed by atoms with Gasteiger partial charge in [-0.2, -0.15) is 0 Å². The van der Waals surface area contributed by atoms with Crippen LogP contribution in [0.1, 0.15) is 39.2 Å².